The summed E-state index contributed by atoms with van der Waals surface area (Å²) in [7, 11) is 2.06. The highest BCUT2D eigenvalue weighted by Crippen LogP contribution is 2.67. The summed E-state index contributed by atoms with van der Waals surface area (Å²) < 4.78 is 0. The number of anilines is 1. The molecule has 0 spiro atoms. The molecule has 4 nitrogen and oxygen atoms in total. The number of benzene rings is 2. The summed E-state index contributed by atoms with van der Waals surface area (Å²) in [5.41, 5.74) is 3.65. The van der Waals surface area contributed by atoms with Gasteiger partial charge < -0.3 is 10.2 Å². The van der Waals surface area contributed by atoms with Crippen LogP contribution in [0.15, 0.2) is 54.6 Å². The predicted molar refractivity (Wildman–Crippen MR) is 158 cm³/mol. The second-order valence-electron chi connectivity index (χ2n) is 13.9. The number of rotatable bonds is 5. The van der Waals surface area contributed by atoms with Crippen LogP contribution >= 0.6 is 0 Å². The topological polar surface area (TPSA) is 49.4 Å². The van der Waals surface area contributed by atoms with Gasteiger partial charge in [0, 0.05) is 30.8 Å². The smallest absolute Gasteiger partial charge is 0.255 e. The van der Waals surface area contributed by atoms with E-state index < -0.39 is 0 Å². The average molecular weight is 527 g/mol. The zero-order chi connectivity index (χ0) is 27.4. The van der Waals surface area contributed by atoms with Crippen LogP contribution in [0.3, 0.4) is 0 Å². The molecule has 6 rings (SSSR count). The number of fused-ring (bicyclic) bond motifs is 5. The number of carbonyl (C=O) groups excluding carboxylic acids is 2. The Kier molecular flexibility index (Phi) is 6.88. The molecule has 3 saturated carbocycles. The minimum atomic E-state index is -0.0636. The van der Waals surface area contributed by atoms with Crippen molar-refractivity contribution in [3.05, 3.63) is 65.7 Å². The van der Waals surface area contributed by atoms with E-state index in [1.807, 2.05) is 30.3 Å². The summed E-state index contributed by atoms with van der Waals surface area (Å²) in [5.74, 6) is 4.03. The van der Waals surface area contributed by atoms with Crippen LogP contribution in [0.25, 0.3) is 0 Å². The Balaban J connectivity index is 1.11. The molecule has 208 valence electrons. The van der Waals surface area contributed by atoms with E-state index in [-0.39, 0.29) is 5.91 Å². The van der Waals surface area contributed by atoms with Crippen molar-refractivity contribution in [1.82, 2.24) is 4.90 Å². The fraction of sp³-hybridized carbons (Fsp3) is 0.600. The Morgan fingerprint density at radius 3 is 2.38 bits per heavy atom. The van der Waals surface area contributed by atoms with Crippen LogP contribution in [0.1, 0.15) is 100 Å². The van der Waals surface area contributed by atoms with E-state index >= 15 is 0 Å². The molecule has 4 heteroatoms. The summed E-state index contributed by atoms with van der Waals surface area (Å²) in [6.07, 6.45) is 11.0. The van der Waals surface area contributed by atoms with E-state index in [1.54, 1.807) is 0 Å². The lowest BCUT2D eigenvalue weighted by molar-refractivity contribution is -0.158. The van der Waals surface area contributed by atoms with Crippen molar-refractivity contribution in [2.24, 2.45) is 34.5 Å². The first-order valence-electron chi connectivity index (χ1n) is 15.4. The largest absolute Gasteiger partial charge is 0.342 e. The van der Waals surface area contributed by atoms with Crippen molar-refractivity contribution in [3.8, 4) is 0 Å². The molecule has 1 heterocycles. The molecular formula is C35H46N2O2. The summed E-state index contributed by atoms with van der Waals surface area (Å²) in [6.45, 7) is 7.55. The fourth-order valence-corrected chi connectivity index (χ4v) is 9.90. The third kappa shape index (κ3) is 4.52. The van der Waals surface area contributed by atoms with Crippen LogP contribution < -0.4 is 5.32 Å². The molecule has 0 radical (unpaired) electrons. The maximum Gasteiger partial charge on any atom is 0.255 e. The Hall–Kier alpha value is -2.62. The molecule has 1 unspecified atom stereocenters. The molecule has 1 aliphatic heterocycles. The van der Waals surface area contributed by atoms with E-state index in [9.17, 15) is 9.59 Å². The van der Waals surface area contributed by atoms with E-state index in [1.165, 1.54) is 50.5 Å². The molecular weight excluding hydrogens is 480 g/mol. The molecule has 2 amide bonds. The molecule has 2 aromatic carbocycles. The standard InChI is InChI=1S/C35H46N2O2/c1-23(24-10-13-27(14-11-24)36-33(39)25-8-6-5-7-9-25)22-26-12-16-29-28-15-17-31-35(3,21-19-32(38)37(31)4)30(28)18-20-34(26,29)2/h5-11,13-14,23,26,28-31H,12,15-22H2,1-4H3,(H,36,39)/t23?,26-,28+,29+,30+,31-,34-,35-/m1/s1. The summed E-state index contributed by atoms with van der Waals surface area (Å²) >= 11 is 0. The molecule has 0 aromatic heterocycles. The first-order chi connectivity index (χ1) is 18.7. The number of hydrogen-bond donors (Lipinski definition) is 1. The Labute approximate surface area is 234 Å². The molecule has 39 heavy (non-hydrogen) atoms. The molecule has 8 atom stereocenters. The number of likely N-dealkylation sites (tertiary alicyclic amines) is 1. The summed E-state index contributed by atoms with van der Waals surface area (Å²) in [5, 5.41) is 3.03. The number of amides is 2. The molecule has 2 aromatic rings. The van der Waals surface area contributed by atoms with Crippen LogP contribution in [0.2, 0.25) is 0 Å². The molecule has 1 N–H and O–H groups in total. The zero-order valence-electron chi connectivity index (χ0n) is 24.3. The van der Waals surface area contributed by atoms with Gasteiger partial charge in [-0.15, -0.1) is 0 Å². The van der Waals surface area contributed by atoms with Gasteiger partial charge in [0.15, 0.2) is 0 Å². The maximum atomic E-state index is 12.5. The van der Waals surface area contributed by atoms with Gasteiger partial charge in [-0.1, -0.05) is 51.1 Å². The lowest BCUT2D eigenvalue weighted by Gasteiger charge is -2.62. The Bertz CT molecular complexity index is 1210. The average Bonchev–Trinajstić information content (AvgIpc) is 3.27. The second-order valence-corrected chi connectivity index (χ2v) is 13.9. The van der Waals surface area contributed by atoms with Gasteiger partial charge in [0.1, 0.15) is 0 Å². The lowest BCUT2D eigenvalue weighted by Crippen LogP contribution is -2.61. The van der Waals surface area contributed by atoms with Crippen LogP contribution in [0, 0.1) is 34.5 Å². The third-order valence-electron chi connectivity index (χ3n) is 12.2. The summed E-state index contributed by atoms with van der Waals surface area (Å²) in [6, 6.07) is 18.4. The zero-order valence-corrected chi connectivity index (χ0v) is 24.3. The van der Waals surface area contributed by atoms with Crippen LogP contribution in [-0.4, -0.2) is 29.8 Å². The second kappa shape index (κ2) is 10.1. The van der Waals surface area contributed by atoms with Crippen molar-refractivity contribution in [3.63, 3.8) is 0 Å². The SMILES string of the molecule is CC(C[C@H]1CC[C@H]2[C@@H]3CC[C@H]4N(C)C(=O)CC[C@]4(C)[C@H]3CC[C@]12C)c1ccc(NC(=O)c2ccccc2)cc1. The van der Waals surface area contributed by atoms with Crippen LogP contribution in [0.4, 0.5) is 5.69 Å². The van der Waals surface area contributed by atoms with Gasteiger partial charge in [0.05, 0.1) is 0 Å². The number of nitrogens with one attached hydrogen (secondary N) is 1. The highest BCUT2D eigenvalue weighted by Gasteiger charge is 2.61. The fourth-order valence-electron chi connectivity index (χ4n) is 9.90. The van der Waals surface area contributed by atoms with Gasteiger partial charge in [-0.3, -0.25) is 9.59 Å². The number of piperidine rings is 1. The van der Waals surface area contributed by atoms with Gasteiger partial charge in [0.2, 0.25) is 5.91 Å². The van der Waals surface area contributed by atoms with Crippen molar-refractivity contribution in [2.75, 3.05) is 12.4 Å². The lowest BCUT2D eigenvalue weighted by atomic mass is 9.46. The van der Waals surface area contributed by atoms with Crippen LogP contribution in [0.5, 0.6) is 0 Å². The van der Waals surface area contributed by atoms with Crippen molar-refractivity contribution < 1.29 is 9.59 Å². The summed E-state index contributed by atoms with van der Waals surface area (Å²) in [4.78, 5) is 27.1. The van der Waals surface area contributed by atoms with Gasteiger partial charge in [0.25, 0.3) is 5.91 Å². The normalized spacial score (nSPS) is 36.5. The Morgan fingerprint density at radius 1 is 0.923 bits per heavy atom. The van der Waals surface area contributed by atoms with E-state index in [0.29, 0.717) is 34.3 Å². The van der Waals surface area contributed by atoms with Crippen molar-refractivity contribution in [2.45, 2.75) is 90.5 Å². The number of hydrogen-bond acceptors (Lipinski definition) is 2. The Morgan fingerprint density at radius 2 is 1.64 bits per heavy atom. The highest BCUT2D eigenvalue weighted by atomic mass is 16.2. The number of nitrogens with zero attached hydrogens (tertiary/aromatic N) is 1. The van der Waals surface area contributed by atoms with Gasteiger partial charge in [-0.25, -0.2) is 0 Å². The predicted octanol–water partition coefficient (Wildman–Crippen LogP) is 7.91. The molecule has 1 saturated heterocycles. The highest BCUT2D eigenvalue weighted by molar-refractivity contribution is 6.04. The minimum absolute atomic E-state index is 0.0636. The van der Waals surface area contributed by atoms with Crippen molar-refractivity contribution in [1.29, 1.82) is 0 Å². The quantitative estimate of drug-likeness (QED) is 0.430. The monoisotopic (exact) mass is 526 g/mol. The minimum Gasteiger partial charge on any atom is -0.342 e. The van der Waals surface area contributed by atoms with Gasteiger partial charge in [-0.2, -0.15) is 0 Å². The van der Waals surface area contributed by atoms with Gasteiger partial charge in [-0.05, 0) is 122 Å². The molecule has 0 bridgehead atoms. The van der Waals surface area contributed by atoms with E-state index in [4.69, 9.17) is 0 Å². The first-order valence-corrected chi connectivity index (χ1v) is 15.4. The number of carbonyl (C=O) groups is 2. The maximum absolute atomic E-state index is 12.5. The molecule has 4 fully saturated rings. The molecule has 4 aliphatic rings. The van der Waals surface area contributed by atoms with Crippen molar-refractivity contribution >= 4 is 17.5 Å². The van der Waals surface area contributed by atoms with E-state index in [2.05, 4.69) is 62.3 Å². The van der Waals surface area contributed by atoms with E-state index in [0.717, 1.165) is 42.2 Å². The van der Waals surface area contributed by atoms with Gasteiger partial charge >= 0.3 is 0 Å². The molecule has 3 aliphatic carbocycles. The van der Waals surface area contributed by atoms with Crippen LogP contribution in [-0.2, 0) is 4.79 Å². The first kappa shape index (κ1) is 26.6. The third-order valence-corrected chi connectivity index (χ3v) is 12.2.